The minimum Gasteiger partial charge on any atom is -0.370 e. The number of piperidine rings is 1. The van der Waals surface area contributed by atoms with E-state index in [-0.39, 0.29) is 44.4 Å². The summed E-state index contributed by atoms with van der Waals surface area (Å²) < 4.78 is 23.7. The molecule has 16 heteroatoms. The fourth-order valence-electron chi connectivity index (χ4n) is 5.41. The summed E-state index contributed by atoms with van der Waals surface area (Å²) in [6.07, 6.45) is 1.82. The SMILES string of the molecule is CS(=O)(=O)CC[C@H](NC(=O)CCl)C(=O)N1CCCC[C@H]1C(=O)NC(Cc1ccc2ccccc2c1)C(=O)N[C@@H](CCC(N)=O)C(N)=O. The van der Waals surface area contributed by atoms with E-state index in [0.717, 1.165) is 17.0 Å². The molecule has 0 spiro atoms. The molecule has 1 aliphatic rings. The molecule has 1 heterocycles. The fourth-order valence-corrected chi connectivity index (χ4v) is 6.15. The Labute approximate surface area is 278 Å². The van der Waals surface area contributed by atoms with Crippen molar-refractivity contribution < 1.29 is 37.2 Å². The molecule has 0 bridgehead atoms. The Morgan fingerprint density at radius 1 is 0.915 bits per heavy atom. The van der Waals surface area contributed by atoms with Crippen LogP contribution in [0.5, 0.6) is 0 Å². The summed E-state index contributed by atoms with van der Waals surface area (Å²) in [6, 6.07) is 8.35. The average molecular weight is 693 g/mol. The van der Waals surface area contributed by atoms with Crippen LogP contribution in [0.2, 0.25) is 0 Å². The molecule has 4 atom stereocenters. The number of hydrogen-bond acceptors (Lipinski definition) is 8. The molecular weight excluding hydrogens is 652 g/mol. The van der Waals surface area contributed by atoms with E-state index < -0.39 is 75.3 Å². The van der Waals surface area contributed by atoms with Crippen LogP contribution >= 0.6 is 11.6 Å². The summed E-state index contributed by atoms with van der Waals surface area (Å²) in [6.45, 7) is 0.154. The number of nitrogens with one attached hydrogen (secondary N) is 3. The first-order chi connectivity index (χ1) is 22.2. The predicted molar refractivity (Wildman–Crippen MR) is 175 cm³/mol. The van der Waals surface area contributed by atoms with E-state index in [1.165, 1.54) is 4.90 Å². The summed E-state index contributed by atoms with van der Waals surface area (Å²) >= 11 is 5.62. The molecule has 3 rings (SSSR count). The number of fused-ring (bicyclic) bond motifs is 1. The second-order valence-corrected chi connectivity index (χ2v) is 14.2. The molecule has 14 nitrogen and oxygen atoms in total. The summed E-state index contributed by atoms with van der Waals surface area (Å²) in [5, 5.41) is 9.56. The normalized spacial score (nSPS) is 16.8. The third kappa shape index (κ3) is 11.5. The zero-order valence-electron chi connectivity index (χ0n) is 26.1. The van der Waals surface area contributed by atoms with Gasteiger partial charge in [-0.15, -0.1) is 11.6 Å². The first-order valence-corrected chi connectivity index (χ1v) is 17.8. The molecule has 0 aromatic heterocycles. The number of rotatable bonds is 16. The number of alkyl halides is 1. The van der Waals surface area contributed by atoms with Crippen LogP contribution in [-0.4, -0.2) is 97.4 Å². The zero-order chi connectivity index (χ0) is 34.7. The number of carbonyl (C=O) groups excluding carboxylic acids is 6. The van der Waals surface area contributed by atoms with Gasteiger partial charge >= 0.3 is 0 Å². The second-order valence-electron chi connectivity index (χ2n) is 11.6. The number of sulfone groups is 1. The lowest BCUT2D eigenvalue weighted by Crippen LogP contribution is -2.60. The molecule has 2 aromatic carbocycles. The van der Waals surface area contributed by atoms with Gasteiger partial charge in [0, 0.05) is 25.6 Å². The van der Waals surface area contributed by atoms with Crippen molar-refractivity contribution in [3.63, 3.8) is 0 Å². The lowest BCUT2D eigenvalue weighted by atomic mass is 9.97. The summed E-state index contributed by atoms with van der Waals surface area (Å²) in [5.41, 5.74) is 11.4. The van der Waals surface area contributed by atoms with E-state index in [4.69, 9.17) is 23.1 Å². The molecule has 2 aromatic rings. The van der Waals surface area contributed by atoms with Crippen molar-refractivity contribution in [1.29, 1.82) is 0 Å². The van der Waals surface area contributed by atoms with Crippen molar-refractivity contribution in [3.8, 4) is 0 Å². The molecule has 0 aliphatic carbocycles. The molecule has 1 fully saturated rings. The van der Waals surface area contributed by atoms with Crippen molar-refractivity contribution >= 4 is 67.7 Å². The summed E-state index contributed by atoms with van der Waals surface area (Å²) in [4.78, 5) is 77.9. The highest BCUT2D eigenvalue weighted by atomic mass is 35.5. The lowest BCUT2D eigenvalue weighted by molar-refractivity contribution is -0.145. The van der Waals surface area contributed by atoms with Gasteiger partial charge in [0.2, 0.25) is 35.4 Å². The average Bonchev–Trinajstić information content (AvgIpc) is 3.03. The monoisotopic (exact) mass is 692 g/mol. The van der Waals surface area contributed by atoms with Gasteiger partial charge in [-0.2, -0.15) is 0 Å². The smallest absolute Gasteiger partial charge is 0.245 e. The van der Waals surface area contributed by atoms with Crippen molar-refractivity contribution in [1.82, 2.24) is 20.9 Å². The summed E-state index contributed by atoms with van der Waals surface area (Å²) in [7, 11) is -3.49. The highest BCUT2D eigenvalue weighted by Crippen LogP contribution is 2.21. The number of benzene rings is 2. The van der Waals surface area contributed by atoms with E-state index in [1.807, 2.05) is 36.4 Å². The standard InChI is InChI=1S/C31H41ClN6O8S/c1-47(45,46)15-13-23(35-27(40)18-32)31(44)38-14-5-4-8-25(38)30(43)37-24(29(42)36-22(28(34)41)11-12-26(33)39)17-19-9-10-20-6-2-3-7-21(20)16-19/h2-3,6-7,9-10,16,22-25H,4-5,8,11-15,17-18H2,1H3,(H2,33,39)(H2,34,41)(H,35,40)(H,36,42)(H,37,43)/t22-,23-,24?,25-/m0/s1. The quantitative estimate of drug-likeness (QED) is 0.146. The molecule has 0 saturated carbocycles. The number of carbonyl (C=O) groups is 6. The van der Waals surface area contributed by atoms with E-state index in [1.54, 1.807) is 6.07 Å². The highest BCUT2D eigenvalue weighted by molar-refractivity contribution is 7.90. The number of nitrogens with two attached hydrogens (primary N) is 2. The van der Waals surface area contributed by atoms with Crippen LogP contribution in [0.25, 0.3) is 10.8 Å². The number of likely N-dealkylation sites (tertiary alicyclic amines) is 1. The molecular formula is C31H41ClN6O8S. The minimum atomic E-state index is -3.49. The van der Waals surface area contributed by atoms with Crippen LogP contribution in [-0.2, 0) is 45.0 Å². The Morgan fingerprint density at radius 2 is 1.62 bits per heavy atom. The molecule has 256 valence electrons. The van der Waals surface area contributed by atoms with Gasteiger partial charge in [-0.05, 0) is 48.4 Å². The molecule has 7 N–H and O–H groups in total. The van der Waals surface area contributed by atoms with E-state index in [9.17, 15) is 37.2 Å². The summed E-state index contributed by atoms with van der Waals surface area (Å²) in [5.74, 6) is -5.15. The van der Waals surface area contributed by atoms with Crippen molar-refractivity contribution in [2.75, 3.05) is 24.4 Å². The van der Waals surface area contributed by atoms with Gasteiger partial charge in [0.15, 0.2) is 0 Å². The van der Waals surface area contributed by atoms with Crippen molar-refractivity contribution in [2.24, 2.45) is 11.5 Å². The Kier molecular flexibility index (Phi) is 13.5. The molecule has 1 aliphatic heterocycles. The second kappa shape index (κ2) is 17.1. The number of primary amides is 2. The van der Waals surface area contributed by atoms with Gasteiger partial charge in [0.25, 0.3) is 0 Å². The number of hydrogen-bond donors (Lipinski definition) is 5. The Balaban J connectivity index is 1.89. The van der Waals surface area contributed by atoms with E-state index in [0.29, 0.717) is 18.4 Å². The number of halogens is 1. The van der Waals surface area contributed by atoms with Crippen LogP contribution in [0, 0.1) is 0 Å². The topological polar surface area (TPSA) is 228 Å². The maximum atomic E-state index is 13.8. The molecule has 6 amide bonds. The Hall–Kier alpha value is -4.24. The zero-order valence-corrected chi connectivity index (χ0v) is 27.6. The van der Waals surface area contributed by atoms with Gasteiger partial charge in [0.05, 0.1) is 5.75 Å². The molecule has 1 saturated heterocycles. The van der Waals surface area contributed by atoms with E-state index >= 15 is 0 Å². The molecule has 0 radical (unpaired) electrons. The van der Waals surface area contributed by atoms with Gasteiger partial charge in [-0.3, -0.25) is 28.8 Å². The van der Waals surface area contributed by atoms with Crippen LogP contribution in [0.4, 0.5) is 0 Å². The third-order valence-electron chi connectivity index (χ3n) is 7.85. The third-order valence-corrected chi connectivity index (χ3v) is 9.07. The van der Waals surface area contributed by atoms with Gasteiger partial charge in [-0.1, -0.05) is 42.5 Å². The van der Waals surface area contributed by atoms with Gasteiger partial charge in [-0.25, -0.2) is 8.42 Å². The fraction of sp³-hybridized carbons (Fsp3) is 0.484. The number of nitrogens with zero attached hydrogens (tertiary/aromatic N) is 1. The van der Waals surface area contributed by atoms with Crippen LogP contribution in [0.3, 0.4) is 0 Å². The predicted octanol–water partition coefficient (Wildman–Crippen LogP) is -0.358. The van der Waals surface area contributed by atoms with Crippen LogP contribution in [0.1, 0.15) is 44.1 Å². The molecule has 47 heavy (non-hydrogen) atoms. The molecule has 1 unspecified atom stereocenters. The highest BCUT2D eigenvalue weighted by Gasteiger charge is 2.38. The maximum Gasteiger partial charge on any atom is 0.245 e. The van der Waals surface area contributed by atoms with Gasteiger partial charge < -0.3 is 32.3 Å². The minimum absolute atomic E-state index is 0.00708. The number of amides is 6. The first-order valence-electron chi connectivity index (χ1n) is 15.2. The van der Waals surface area contributed by atoms with Crippen molar-refractivity contribution in [3.05, 3.63) is 48.0 Å². The van der Waals surface area contributed by atoms with Crippen LogP contribution < -0.4 is 27.4 Å². The Morgan fingerprint density at radius 3 is 2.26 bits per heavy atom. The Bertz CT molecular complexity index is 1600. The largest absolute Gasteiger partial charge is 0.370 e. The van der Waals surface area contributed by atoms with Gasteiger partial charge in [0.1, 0.15) is 39.9 Å². The first kappa shape index (κ1) is 37.2. The van der Waals surface area contributed by atoms with Crippen LogP contribution in [0.15, 0.2) is 42.5 Å². The maximum absolute atomic E-state index is 13.8. The van der Waals surface area contributed by atoms with Crippen molar-refractivity contribution in [2.45, 2.75) is 69.1 Å². The van der Waals surface area contributed by atoms with E-state index in [2.05, 4.69) is 16.0 Å². The lowest BCUT2D eigenvalue weighted by Gasteiger charge is -2.37.